The summed E-state index contributed by atoms with van der Waals surface area (Å²) in [4.78, 5) is 39.2. The van der Waals surface area contributed by atoms with Gasteiger partial charge in [-0.2, -0.15) is 0 Å². The maximum absolute atomic E-state index is 13.5. The molecule has 38 heavy (non-hydrogen) atoms. The zero-order chi connectivity index (χ0) is 27.1. The van der Waals surface area contributed by atoms with E-state index in [0.29, 0.717) is 28.0 Å². The third-order valence-electron chi connectivity index (χ3n) is 6.24. The minimum Gasteiger partial charge on any atom is -0.497 e. The van der Waals surface area contributed by atoms with Crippen molar-refractivity contribution in [1.29, 1.82) is 0 Å². The van der Waals surface area contributed by atoms with Crippen LogP contribution in [0.2, 0.25) is 0 Å². The number of benzene rings is 2. The van der Waals surface area contributed by atoms with E-state index in [1.807, 2.05) is 0 Å². The fourth-order valence-corrected chi connectivity index (χ4v) is 5.10. The predicted octanol–water partition coefficient (Wildman–Crippen LogP) is 2.26. The Morgan fingerprint density at radius 2 is 1.74 bits per heavy atom. The molecule has 0 amide bonds. The molecular formula is C25H23FN6O5S. The lowest BCUT2D eigenvalue weighted by atomic mass is 10.1. The summed E-state index contributed by atoms with van der Waals surface area (Å²) in [5, 5.41) is 8.85. The second-order valence-electron chi connectivity index (χ2n) is 8.49. The van der Waals surface area contributed by atoms with Crippen LogP contribution in [0, 0.1) is 5.82 Å². The van der Waals surface area contributed by atoms with Crippen molar-refractivity contribution in [2.24, 2.45) is 14.1 Å². The Balaban J connectivity index is 1.62. The molecule has 13 heteroatoms. The second kappa shape index (κ2) is 9.82. The van der Waals surface area contributed by atoms with E-state index in [9.17, 15) is 18.8 Å². The second-order valence-corrected chi connectivity index (χ2v) is 9.43. The Hall–Kier alpha value is -4.39. The van der Waals surface area contributed by atoms with Crippen molar-refractivity contribution >= 4 is 34.5 Å². The van der Waals surface area contributed by atoms with Crippen LogP contribution in [0.1, 0.15) is 15.9 Å². The first-order valence-electron chi connectivity index (χ1n) is 11.4. The van der Waals surface area contributed by atoms with Crippen molar-refractivity contribution in [3.05, 3.63) is 80.2 Å². The molecule has 0 bridgehead atoms. The van der Waals surface area contributed by atoms with Crippen LogP contribution < -0.4 is 20.7 Å². The van der Waals surface area contributed by atoms with Gasteiger partial charge in [0, 0.05) is 14.1 Å². The average molecular weight is 539 g/mol. The summed E-state index contributed by atoms with van der Waals surface area (Å²) in [7, 11) is 5.93. The highest BCUT2D eigenvalue weighted by Crippen LogP contribution is 2.28. The minimum absolute atomic E-state index is 0.0201. The number of ether oxygens (including phenoxy) is 2. The van der Waals surface area contributed by atoms with E-state index in [-0.39, 0.29) is 35.1 Å². The molecule has 0 fully saturated rings. The number of rotatable bonds is 8. The molecule has 0 N–H and O–H groups in total. The van der Waals surface area contributed by atoms with Gasteiger partial charge in [0.15, 0.2) is 22.1 Å². The first-order valence-corrected chi connectivity index (χ1v) is 12.4. The third-order valence-corrected chi connectivity index (χ3v) is 7.17. The predicted molar refractivity (Wildman–Crippen MR) is 139 cm³/mol. The molecule has 0 atom stereocenters. The van der Waals surface area contributed by atoms with Crippen LogP contribution in [0.5, 0.6) is 11.5 Å². The zero-order valence-electron chi connectivity index (χ0n) is 21.0. The lowest BCUT2D eigenvalue weighted by Crippen LogP contribution is -2.37. The van der Waals surface area contributed by atoms with Crippen LogP contribution in [0.25, 0.3) is 16.9 Å². The number of aryl methyl sites for hydroxylation is 1. The molecule has 2 aromatic carbocycles. The molecular weight excluding hydrogens is 515 g/mol. The van der Waals surface area contributed by atoms with Crippen molar-refractivity contribution in [3.63, 3.8) is 0 Å². The first-order chi connectivity index (χ1) is 18.2. The summed E-state index contributed by atoms with van der Waals surface area (Å²) >= 11 is 1.11. The molecule has 11 nitrogen and oxygen atoms in total. The van der Waals surface area contributed by atoms with E-state index in [1.165, 1.54) is 38.0 Å². The van der Waals surface area contributed by atoms with Gasteiger partial charge in [0.2, 0.25) is 5.78 Å². The topological polar surface area (TPSA) is 115 Å². The fourth-order valence-electron chi connectivity index (χ4n) is 4.29. The molecule has 0 unspecified atom stereocenters. The molecule has 0 aliphatic rings. The first kappa shape index (κ1) is 25.3. The number of hydrogen-bond acceptors (Lipinski definition) is 8. The molecule has 0 aliphatic carbocycles. The molecule has 0 saturated carbocycles. The molecule has 0 saturated heterocycles. The van der Waals surface area contributed by atoms with Gasteiger partial charge >= 0.3 is 5.69 Å². The van der Waals surface area contributed by atoms with Gasteiger partial charge in [0.1, 0.15) is 17.3 Å². The standard InChI is InChI=1S/C25H23FN6O5S/c1-29-21-20(22(34)30(2)25(29)35)31(12-14-5-7-15(26)8-6-14)23-27-28-24(32(21)23)38-13-18(33)17-11-16(36-3)9-10-19(17)37-4/h5-11H,12-13H2,1-4H3. The lowest BCUT2D eigenvalue weighted by molar-refractivity contribution is 0.101. The quantitative estimate of drug-likeness (QED) is 0.218. The minimum atomic E-state index is -0.523. The molecule has 0 spiro atoms. The van der Waals surface area contributed by atoms with E-state index < -0.39 is 11.2 Å². The number of hydrogen-bond donors (Lipinski definition) is 0. The Morgan fingerprint density at radius 1 is 1.00 bits per heavy atom. The summed E-state index contributed by atoms with van der Waals surface area (Å²) in [6, 6.07) is 10.8. The number of Topliss-reactive ketones (excluding diaryl/α,β-unsaturated/α-hetero) is 1. The van der Waals surface area contributed by atoms with Gasteiger partial charge in [-0.25, -0.2) is 13.6 Å². The number of aromatic nitrogens is 6. The third kappa shape index (κ3) is 4.14. The van der Waals surface area contributed by atoms with Crippen LogP contribution in [-0.2, 0) is 20.6 Å². The highest BCUT2D eigenvalue weighted by Gasteiger charge is 2.25. The number of carbonyl (C=O) groups excluding carboxylic acids is 1. The highest BCUT2D eigenvalue weighted by molar-refractivity contribution is 7.99. The fraction of sp³-hybridized carbons (Fsp3) is 0.240. The molecule has 0 aliphatic heterocycles. The maximum atomic E-state index is 13.5. The van der Waals surface area contributed by atoms with Gasteiger partial charge in [-0.3, -0.25) is 23.3 Å². The van der Waals surface area contributed by atoms with Crippen LogP contribution in [0.15, 0.2) is 57.2 Å². The molecule has 196 valence electrons. The molecule has 3 aromatic heterocycles. The molecule has 3 heterocycles. The zero-order valence-corrected chi connectivity index (χ0v) is 21.8. The largest absolute Gasteiger partial charge is 0.497 e. The smallest absolute Gasteiger partial charge is 0.332 e. The van der Waals surface area contributed by atoms with Gasteiger partial charge in [-0.05, 0) is 35.9 Å². The summed E-state index contributed by atoms with van der Waals surface area (Å²) in [5.74, 6) is 0.587. The van der Waals surface area contributed by atoms with Gasteiger partial charge in [-0.1, -0.05) is 23.9 Å². The van der Waals surface area contributed by atoms with Crippen molar-refractivity contribution in [1.82, 2.24) is 28.3 Å². The number of fused-ring (bicyclic) bond motifs is 3. The van der Waals surface area contributed by atoms with Crippen molar-refractivity contribution in [2.75, 3.05) is 20.0 Å². The maximum Gasteiger partial charge on any atom is 0.332 e. The van der Waals surface area contributed by atoms with Crippen LogP contribution in [0.3, 0.4) is 0 Å². The van der Waals surface area contributed by atoms with Crippen molar-refractivity contribution in [3.8, 4) is 11.5 Å². The number of ketones is 1. The van der Waals surface area contributed by atoms with Gasteiger partial charge < -0.3 is 9.47 Å². The summed E-state index contributed by atoms with van der Waals surface area (Å²) in [6.45, 7) is 0.184. The molecule has 5 aromatic rings. The molecule has 5 rings (SSSR count). The lowest BCUT2D eigenvalue weighted by Gasteiger charge is -2.09. The van der Waals surface area contributed by atoms with Crippen LogP contribution in [-0.4, -0.2) is 54.1 Å². The van der Waals surface area contributed by atoms with E-state index >= 15 is 0 Å². The van der Waals surface area contributed by atoms with Crippen LogP contribution >= 0.6 is 11.8 Å². The number of halogens is 1. The number of imidazole rings is 1. The Kier molecular flexibility index (Phi) is 6.53. The Morgan fingerprint density at radius 3 is 2.42 bits per heavy atom. The van der Waals surface area contributed by atoms with Crippen LogP contribution in [0.4, 0.5) is 4.39 Å². The van der Waals surface area contributed by atoms with Crippen molar-refractivity contribution < 1.29 is 18.7 Å². The number of carbonyl (C=O) groups is 1. The van der Waals surface area contributed by atoms with E-state index in [2.05, 4.69) is 10.2 Å². The number of thioether (sulfide) groups is 1. The summed E-state index contributed by atoms with van der Waals surface area (Å²) in [5.41, 5.74) is 0.550. The van der Waals surface area contributed by atoms with Gasteiger partial charge in [-0.15, -0.1) is 10.2 Å². The SMILES string of the molecule is COc1ccc(OC)c(C(=O)CSc2nnc3n(Cc4ccc(F)cc4)c4c(=O)n(C)c(=O)n(C)c4n23)c1. The molecule has 0 radical (unpaired) electrons. The van der Waals surface area contributed by atoms with Gasteiger partial charge in [0.05, 0.1) is 32.1 Å². The normalized spacial score (nSPS) is 11.4. The monoisotopic (exact) mass is 538 g/mol. The average Bonchev–Trinajstić information content (AvgIpc) is 3.48. The van der Waals surface area contributed by atoms with Gasteiger partial charge in [0.25, 0.3) is 5.56 Å². The number of nitrogens with zero attached hydrogens (tertiary/aromatic N) is 6. The van der Waals surface area contributed by atoms with E-state index in [0.717, 1.165) is 21.9 Å². The number of methoxy groups -OCH3 is 2. The van der Waals surface area contributed by atoms with E-state index in [4.69, 9.17) is 9.47 Å². The summed E-state index contributed by atoms with van der Waals surface area (Å²) in [6.07, 6.45) is 0. The highest BCUT2D eigenvalue weighted by atomic mass is 32.2. The summed E-state index contributed by atoms with van der Waals surface area (Å²) < 4.78 is 29.6. The Bertz CT molecular complexity index is 1820. The van der Waals surface area contributed by atoms with Crippen molar-refractivity contribution in [2.45, 2.75) is 11.7 Å². The van der Waals surface area contributed by atoms with E-state index in [1.54, 1.807) is 46.3 Å². The Labute approximate surface area is 219 Å².